The van der Waals surface area contributed by atoms with Gasteiger partial charge in [0.1, 0.15) is 5.75 Å². The van der Waals surface area contributed by atoms with Crippen molar-refractivity contribution in [1.82, 2.24) is 0 Å². The van der Waals surface area contributed by atoms with Crippen LogP contribution in [0.4, 0.5) is 0 Å². The largest absolute Gasteiger partial charge is 0.492 e. The quantitative estimate of drug-likeness (QED) is 0.739. The Hall–Kier alpha value is -0.770. The van der Waals surface area contributed by atoms with E-state index in [4.69, 9.17) is 22.1 Å². The summed E-state index contributed by atoms with van der Waals surface area (Å²) in [5, 5.41) is 9.81. The summed E-state index contributed by atoms with van der Waals surface area (Å²) in [6.07, 6.45) is 0.608. The topological polar surface area (TPSA) is 55.5 Å². The van der Waals surface area contributed by atoms with Crippen molar-refractivity contribution in [2.24, 2.45) is 5.73 Å². The van der Waals surface area contributed by atoms with Gasteiger partial charge in [0.15, 0.2) is 0 Å². The Bertz CT molecular complexity index is 356. The molecule has 0 spiro atoms. The molecule has 4 heteroatoms. The van der Waals surface area contributed by atoms with Gasteiger partial charge in [0.05, 0.1) is 23.8 Å². The van der Waals surface area contributed by atoms with Crippen molar-refractivity contribution in [2.45, 2.75) is 12.0 Å². The number of hydrogen-bond donors (Lipinski definition) is 2. The molecule has 0 fully saturated rings. The summed E-state index contributed by atoms with van der Waals surface area (Å²) in [5.41, 5.74) is 6.13. The Balaban J connectivity index is 2.55. The summed E-state index contributed by atoms with van der Waals surface area (Å²) in [6, 6.07) is 5.41. The van der Waals surface area contributed by atoms with Crippen molar-refractivity contribution < 1.29 is 9.84 Å². The van der Waals surface area contributed by atoms with Crippen molar-refractivity contribution in [3.63, 3.8) is 0 Å². The number of ether oxygens (including phenoxy) is 1. The molecular formula is C10H12ClNO2. The lowest BCUT2D eigenvalue weighted by atomic mass is 9.86. The number of nitrogens with two attached hydrogens (primary N) is 1. The molecule has 1 aromatic carbocycles. The fraction of sp³-hybridized carbons (Fsp3) is 0.400. The third kappa shape index (κ3) is 1.38. The van der Waals surface area contributed by atoms with E-state index in [1.165, 1.54) is 0 Å². The van der Waals surface area contributed by atoms with Gasteiger partial charge in [-0.3, -0.25) is 0 Å². The van der Waals surface area contributed by atoms with Crippen LogP contribution in [0, 0.1) is 0 Å². The third-order valence-corrected chi connectivity index (χ3v) is 2.88. The number of aliphatic hydroxyl groups is 1. The van der Waals surface area contributed by atoms with Crippen molar-refractivity contribution in [3.8, 4) is 5.75 Å². The van der Waals surface area contributed by atoms with Crippen LogP contribution >= 0.6 is 11.6 Å². The SMILES string of the molecule is N[C@@]1(CO)CCOc2c(Cl)cccc21. The second-order valence-corrected chi connectivity index (χ2v) is 3.94. The van der Waals surface area contributed by atoms with Gasteiger partial charge in [0, 0.05) is 12.0 Å². The monoisotopic (exact) mass is 213 g/mol. The highest BCUT2D eigenvalue weighted by molar-refractivity contribution is 6.32. The zero-order valence-corrected chi connectivity index (χ0v) is 8.42. The van der Waals surface area contributed by atoms with Gasteiger partial charge in [-0.2, -0.15) is 0 Å². The highest BCUT2D eigenvalue weighted by Gasteiger charge is 2.34. The summed E-state index contributed by atoms with van der Waals surface area (Å²) < 4.78 is 5.43. The number of aliphatic hydroxyl groups excluding tert-OH is 1. The minimum atomic E-state index is -0.710. The first-order valence-electron chi connectivity index (χ1n) is 4.49. The molecule has 2 rings (SSSR count). The molecular weight excluding hydrogens is 202 g/mol. The molecule has 1 aromatic rings. The summed E-state index contributed by atoms with van der Waals surface area (Å²) in [4.78, 5) is 0. The van der Waals surface area contributed by atoms with Crippen molar-refractivity contribution >= 4 is 11.6 Å². The molecule has 0 aliphatic carbocycles. The van der Waals surface area contributed by atoms with E-state index in [1.54, 1.807) is 6.07 Å². The number of halogens is 1. The van der Waals surface area contributed by atoms with Crippen LogP contribution in [0.3, 0.4) is 0 Å². The van der Waals surface area contributed by atoms with E-state index < -0.39 is 5.54 Å². The number of benzene rings is 1. The predicted octanol–water partition coefficient (Wildman–Crippen LogP) is 1.27. The smallest absolute Gasteiger partial charge is 0.143 e. The number of fused-ring (bicyclic) bond motifs is 1. The van der Waals surface area contributed by atoms with Gasteiger partial charge >= 0.3 is 0 Å². The standard InChI is InChI=1S/C10H12ClNO2/c11-8-3-1-2-7-9(8)14-5-4-10(7,12)6-13/h1-3,13H,4-6,12H2/t10-/m1/s1. The fourth-order valence-corrected chi connectivity index (χ4v) is 1.91. The second kappa shape index (κ2) is 3.42. The summed E-state index contributed by atoms with van der Waals surface area (Å²) in [6.45, 7) is 0.400. The molecule has 0 unspecified atom stereocenters. The number of para-hydroxylation sites is 1. The second-order valence-electron chi connectivity index (χ2n) is 3.53. The molecule has 1 heterocycles. The molecule has 76 valence electrons. The molecule has 14 heavy (non-hydrogen) atoms. The molecule has 0 saturated heterocycles. The minimum Gasteiger partial charge on any atom is -0.492 e. The third-order valence-electron chi connectivity index (χ3n) is 2.58. The van der Waals surface area contributed by atoms with Gasteiger partial charge in [0.2, 0.25) is 0 Å². The van der Waals surface area contributed by atoms with Crippen LogP contribution in [-0.2, 0) is 5.54 Å². The van der Waals surface area contributed by atoms with Gasteiger partial charge in [-0.1, -0.05) is 23.7 Å². The maximum absolute atomic E-state index is 9.26. The molecule has 0 bridgehead atoms. The van der Waals surface area contributed by atoms with E-state index in [0.717, 1.165) is 5.56 Å². The Kier molecular flexibility index (Phi) is 2.39. The number of hydrogen-bond acceptors (Lipinski definition) is 3. The fourth-order valence-electron chi connectivity index (χ4n) is 1.68. The van der Waals surface area contributed by atoms with E-state index in [0.29, 0.717) is 23.8 Å². The maximum atomic E-state index is 9.26. The number of rotatable bonds is 1. The van der Waals surface area contributed by atoms with Gasteiger partial charge in [0.25, 0.3) is 0 Å². The Morgan fingerprint density at radius 1 is 1.57 bits per heavy atom. The average Bonchev–Trinajstić information content (AvgIpc) is 2.20. The molecule has 3 N–H and O–H groups in total. The van der Waals surface area contributed by atoms with E-state index in [1.807, 2.05) is 12.1 Å². The van der Waals surface area contributed by atoms with Crippen LogP contribution in [0.15, 0.2) is 18.2 Å². The van der Waals surface area contributed by atoms with Gasteiger partial charge < -0.3 is 15.6 Å². The lowest BCUT2D eigenvalue weighted by Gasteiger charge is -2.34. The van der Waals surface area contributed by atoms with Crippen molar-refractivity contribution in [3.05, 3.63) is 28.8 Å². The van der Waals surface area contributed by atoms with E-state index in [2.05, 4.69) is 0 Å². The van der Waals surface area contributed by atoms with Gasteiger partial charge in [-0.25, -0.2) is 0 Å². The summed E-state index contributed by atoms with van der Waals surface area (Å²) in [7, 11) is 0. The van der Waals surface area contributed by atoms with E-state index in [-0.39, 0.29) is 6.61 Å². The first kappa shape index (κ1) is 9.77. The normalized spacial score (nSPS) is 25.4. The molecule has 0 saturated carbocycles. The Morgan fingerprint density at radius 3 is 3.07 bits per heavy atom. The highest BCUT2D eigenvalue weighted by atomic mass is 35.5. The predicted molar refractivity (Wildman–Crippen MR) is 54.5 cm³/mol. The molecule has 0 amide bonds. The van der Waals surface area contributed by atoms with Gasteiger partial charge in [-0.15, -0.1) is 0 Å². The Morgan fingerprint density at radius 2 is 2.36 bits per heavy atom. The Labute approximate surface area is 87.4 Å². The molecule has 1 aliphatic rings. The first-order valence-corrected chi connectivity index (χ1v) is 4.87. The minimum absolute atomic E-state index is 0.0935. The lowest BCUT2D eigenvalue weighted by Crippen LogP contribution is -2.44. The zero-order valence-electron chi connectivity index (χ0n) is 7.66. The molecule has 3 nitrogen and oxygen atoms in total. The van der Waals surface area contributed by atoms with Crippen LogP contribution in [0.25, 0.3) is 0 Å². The molecule has 0 radical (unpaired) electrons. The van der Waals surface area contributed by atoms with Crippen LogP contribution in [0.1, 0.15) is 12.0 Å². The molecule has 0 aromatic heterocycles. The maximum Gasteiger partial charge on any atom is 0.143 e. The molecule has 1 aliphatic heterocycles. The van der Waals surface area contributed by atoms with Gasteiger partial charge in [-0.05, 0) is 6.07 Å². The lowest BCUT2D eigenvalue weighted by molar-refractivity contribution is 0.138. The van der Waals surface area contributed by atoms with Crippen LogP contribution < -0.4 is 10.5 Å². The average molecular weight is 214 g/mol. The first-order chi connectivity index (χ1) is 6.67. The van der Waals surface area contributed by atoms with Crippen LogP contribution in [0.5, 0.6) is 5.75 Å². The van der Waals surface area contributed by atoms with E-state index in [9.17, 15) is 5.11 Å². The zero-order chi connectivity index (χ0) is 10.2. The van der Waals surface area contributed by atoms with Crippen LogP contribution in [0.2, 0.25) is 5.02 Å². The van der Waals surface area contributed by atoms with Crippen LogP contribution in [-0.4, -0.2) is 18.3 Å². The highest BCUT2D eigenvalue weighted by Crippen LogP contribution is 2.39. The summed E-state index contributed by atoms with van der Waals surface area (Å²) in [5.74, 6) is 0.608. The van der Waals surface area contributed by atoms with E-state index >= 15 is 0 Å². The molecule has 1 atom stereocenters. The van der Waals surface area contributed by atoms with Crippen molar-refractivity contribution in [2.75, 3.05) is 13.2 Å². The summed E-state index contributed by atoms with van der Waals surface area (Å²) >= 11 is 5.96. The van der Waals surface area contributed by atoms with Crippen molar-refractivity contribution in [1.29, 1.82) is 0 Å².